The normalized spacial score (nSPS) is 20.4. The van der Waals surface area contributed by atoms with Crippen molar-refractivity contribution >= 4 is 0 Å². The van der Waals surface area contributed by atoms with Gasteiger partial charge in [-0.3, -0.25) is 0 Å². The molecule has 0 aliphatic carbocycles. The van der Waals surface area contributed by atoms with Gasteiger partial charge in [0, 0.05) is 13.1 Å². The van der Waals surface area contributed by atoms with Gasteiger partial charge in [0.05, 0.1) is 19.3 Å². The van der Waals surface area contributed by atoms with E-state index in [4.69, 9.17) is 9.47 Å². The van der Waals surface area contributed by atoms with Crippen LogP contribution in [-0.2, 0) is 11.2 Å². The number of ether oxygens (including phenoxy) is 2. The van der Waals surface area contributed by atoms with E-state index in [1.54, 1.807) is 0 Å². The fourth-order valence-corrected chi connectivity index (χ4v) is 3.06. The van der Waals surface area contributed by atoms with Gasteiger partial charge in [0.2, 0.25) is 0 Å². The Morgan fingerprint density at radius 1 is 1.26 bits per heavy atom. The minimum atomic E-state index is -0.413. The first-order chi connectivity index (χ1) is 11.2. The predicted molar refractivity (Wildman–Crippen MR) is 93.0 cm³/mol. The lowest BCUT2D eigenvalue weighted by Crippen LogP contribution is -2.40. The van der Waals surface area contributed by atoms with E-state index in [1.807, 2.05) is 12.1 Å². The Kier molecular flexibility index (Phi) is 7.86. The minimum Gasteiger partial charge on any atom is -0.491 e. The Morgan fingerprint density at radius 3 is 2.74 bits per heavy atom. The van der Waals surface area contributed by atoms with Gasteiger partial charge in [-0.15, -0.1) is 0 Å². The summed E-state index contributed by atoms with van der Waals surface area (Å²) in [6.45, 7) is 8.71. The van der Waals surface area contributed by atoms with Crippen LogP contribution >= 0.6 is 0 Å². The topological polar surface area (TPSA) is 41.9 Å². The van der Waals surface area contributed by atoms with Crippen LogP contribution in [0.1, 0.15) is 32.3 Å². The zero-order valence-electron chi connectivity index (χ0n) is 14.5. The zero-order chi connectivity index (χ0) is 16.5. The quantitative estimate of drug-likeness (QED) is 0.710. The summed E-state index contributed by atoms with van der Waals surface area (Å²) < 4.78 is 11.2. The number of β-amino-alcohol motifs (C(OH)–C–C–N with tert-alkyl or cyclic N) is 1. The van der Waals surface area contributed by atoms with Gasteiger partial charge in [-0.05, 0) is 49.4 Å². The van der Waals surface area contributed by atoms with Crippen LogP contribution in [0.15, 0.2) is 24.3 Å². The molecule has 0 spiro atoms. The third-order valence-corrected chi connectivity index (χ3v) is 4.35. The molecule has 130 valence electrons. The Balaban J connectivity index is 1.54. The first kappa shape index (κ1) is 18.2. The number of hydrogen-bond donors (Lipinski definition) is 1. The van der Waals surface area contributed by atoms with Crippen molar-refractivity contribution in [2.45, 2.75) is 39.2 Å². The van der Waals surface area contributed by atoms with Crippen molar-refractivity contribution in [1.82, 2.24) is 4.90 Å². The molecule has 0 bridgehead atoms. The fourth-order valence-electron chi connectivity index (χ4n) is 3.06. The number of aliphatic hydroxyl groups is 1. The second kappa shape index (κ2) is 9.91. The summed E-state index contributed by atoms with van der Waals surface area (Å²) in [5.74, 6) is 1.61. The molecule has 1 aromatic carbocycles. The van der Waals surface area contributed by atoms with Crippen LogP contribution in [0.25, 0.3) is 0 Å². The number of piperidine rings is 1. The summed E-state index contributed by atoms with van der Waals surface area (Å²) in [6.07, 6.45) is 3.17. The van der Waals surface area contributed by atoms with Gasteiger partial charge >= 0.3 is 0 Å². The van der Waals surface area contributed by atoms with Crippen molar-refractivity contribution in [2.75, 3.05) is 39.5 Å². The van der Waals surface area contributed by atoms with Gasteiger partial charge in [0.25, 0.3) is 0 Å². The van der Waals surface area contributed by atoms with Crippen LogP contribution in [0.4, 0.5) is 0 Å². The smallest absolute Gasteiger partial charge is 0.119 e. The second-order valence-corrected chi connectivity index (χ2v) is 6.58. The molecule has 0 saturated carbocycles. The number of hydrogen-bond acceptors (Lipinski definition) is 4. The number of likely N-dealkylation sites (tertiary alicyclic amines) is 1. The Bertz CT molecular complexity index is 435. The number of aryl methyl sites for hydroxylation is 1. The van der Waals surface area contributed by atoms with Crippen molar-refractivity contribution in [3.8, 4) is 5.75 Å². The summed E-state index contributed by atoms with van der Waals surface area (Å²) >= 11 is 0. The van der Waals surface area contributed by atoms with E-state index in [1.165, 1.54) is 18.4 Å². The third-order valence-electron chi connectivity index (χ3n) is 4.35. The summed E-state index contributed by atoms with van der Waals surface area (Å²) in [5, 5.41) is 10.1. The van der Waals surface area contributed by atoms with Gasteiger partial charge in [-0.1, -0.05) is 26.0 Å². The van der Waals surface area contributed by atoms with Crippen molar-refractivity contribution in [2.24, 2.45) is 5.92 Å². The number of rotatable bonds is 9. The Hall–Kier alpha value is -1.10. The molecule has 1 aromatic rings. The van der Waals surface area contributed by atoms with E-state index in [9.17, 15) is 5.11 Å². The summed E-state index contributed by atoms with van der Waals surface area (Å²) in [4.78, 5) is 2.34. The zero-order valence-corrected chi connectivity index (χ0v) is 14.5. The van der Waals surface area contributed by atoms with Crippen LogP contribution in [0.2, 0.25) is 0 Å². The summed E-state index contributed by atoms with van der Waals surface area (Å²) in [7, 11) is 0. The minimum absolute atomic E-state index is 0.378. The molecule has 1 N–H and O–H groups in total. The summed E-state index contributed by atoms with van der Waals surface area (Å²) in [6, 6.07) is 8.15. The average molecular weight is 321 g/mol. The molecular weight excluding hydrogens is 290 g/mol. The molecule has 23 heavy (non-hydrogen) atoms. The fraction of sp³-hybridized carbons (Fsp3) is 0.684. The van der Waals surface area contributed by atoms with Gasteiger partial charge in [-0.25, -0.2) is 0 Å². The van der Waals surface area contributed by atoms with Crippen LogP contribution in [0, 0.1) is 5.92 Å². The molecule has 1 aliphatic heterocycles. The first-order valence-corrected chi connectivity index (χ1v) is 8.87. The van der Waals surface area contributed by atoms with Gasteiger partial charge in [0.15, 0.2) is 0 Å². The molecule has 0 radical (unpaired) electrons. The van der Waals surface area contributed by atoms with E-state index >= 15 is 0 Å². The highest BCUT2D eigenvalue weighted by Crippen LogP contribution is 2.15. The Labute approximate surface area is 140 Å². The molecule has 2 rings (SSSR count). The SMILES string of the molecule is CCc1ccc(OCCOC[C@@H](O)CN2CCC[C@H](C)C2)cc1. The van der Waals surface area contributed by atoms with E-state index in [2.05, 4.69) is 30.9 Å². The largest absolute Gasteiger partial charge is 0.491 e. The van der Waals surface area contributed by atoms with E-state index in [0.717, 1.165) is 31.2 Å². The molecule has 2 atom stereocenters. The molecule has 0 unspecified atom stereocenters. The van der Waals surface area contributed by atoms with E-state index in [-0.39, 0.29) is 0 Å². The van der Waals surface area contributed by atoms with Crippen molar-refractivity contribution in [3.63, 3.8) is 0 Å². The third kappa shape index (κ3) is 6.90. The maximum atomic E-state index is 10.1. The highest BCUT2D eigenvalue weighted by Gasteiger charge is 2.18. The highest BCUT2D eigenvalue weighted by molar-refractivity contribution is 5.27. The lowest BCUT2D eigenvalue weighted by Gasteiger charge is -2.32. The number of benzene rings is 1. The molecule has 1 saturated heterocycles. The van der Waals surface area contributed by atoms with E-state index in [0.29, 0.717) is 26.4 Å². The van der Waals surface area contributed by atoms with Crippen molar-refractivity contribution in [1.29, 1.82) is 0 Å². The lowest BCUT2D eigenvalue weighted by atomic mass is 10.0. The van der Waals surface area contributed by atoms with E-state index < -0.39 is 6.10 Å². The predicted octanol–water partition coefficient (Wildman–Crippen LogP) is 2.74. The molecule has 4 heteroatoms. The maximum absolute atomic E-state index is 10.1. The van der Waals surface area contributed by atoms with Crippen LogP contribution < -0.4 is 4.74 Å². The Morgan fingerprint density at radius 2 is 2.04 bits per heavy atom. The molecule has 1 heterocycles. The van der Waals surface area contributed by atoms with Gasteiger partial charge in [0.1, 0.15) is 12.4 Å². The second-order valence-electron chi connectivity index (χ2n) is 6.58. The number of nitrogens with zero attached hydrogens (tertiary/aromatic N) is 1. The molecule has 1 aliphatic rings. The van der Waals surface area contributed by atoms with Gasteiger partial charge in [-0.2, -0.15) is 0 Å². The average Bonchev–Trinajstić information content (AvgIpc) is 2.55. The molecule has 0 aromatic heterocycles. The standard InChI is InChI=1S/C19H31NO3/c1-3-17-6-8-19(9-7-17)23-12-11-22-15-18(21)14-20-10-4-5-16(2)13-20/h6-9,16,18,21H,3-5,10-15H2,1-2H3/t16-,18-/m0/s1. The summed E-state index contributed by atoms with van der Waals surface area (Å²) in [5.41, 5.74) is 1.31. The highest BCUT2D eigenvalue weighted by atomic mass is 16.5. The van der Waals surface area contributed by atoms with Crippen molar-refractivity contribution in [3.05, 3.63) is 29.8 Å². The monoisotopic (exact) mass is 321 g/mol. The number of aliphatic hydroxyl groups excluding tert-OH is 1. The van der Waals surface area contributed by atoms with Crippen LogP contribution in [0.3, 0.4) is 0 Å². The molecule has 1 fully saturated rings. The molecule has 4 nitrogen and oxygen atoms in total. The van der Waals surface area contributed by atoms with Crippen molar-refractivity contribution < 1.29 is 14.6 Å². The molecule has 0 amide bonds. The lowest BCUT2D eigenvalue weighted by molar-refractivity contribution is 0.00223. The van der Waals surface area contributed by atoms with Gasteiger partial charge < -0.3 is 19.5 Å². The van der Waals surface area contributed by atoms with Crippen LogP contribution in [-0.4, -0.2) is 55.6 Å². The molecular formula is C19H31NO3. The first-order valence-electron chi connectivity index (χ1n) is 8.87. The maximum Gasteiger partial charge on any atom is 0.119 e. The van der Waals surface area contributed by atoms with Crippen LogP contribution in [0.5, 0.6) is 5.75 Å².